The summed E-state index contributed by atoms with van der Waals surface area (Å²) < 4.78 is 42.8. The van der Waals surface area contributed by atoms with Gasteiger partial charge in [0.1, 0.15) is 11.3 Å². The summed E-state index contributed by atoms with van der Waals surface area (Å²) in [6.07, 6.45) is 3.44. The Morgan fingerprint density at radius 2 is 1.91 bits per heavy atom. The summed E-state index contributed by atoms with van der Waals surface area (Å²) in [7, 11) is 0. The minimum absolute atomic E-state index is 0.0783. The number of primary amides is 1. The molecule has 12 heteroatoms. The number of hydrogen-bond donors (Lipinski definition) is 3. The van der Waals surface area contributed by atoms with E-state index in [1.807, 2.05) is 4.57 Å². The largest absolute Gasteiger partial charge is 0.369 e. The van der Waals surface area contributed by atoms with Crippen LogP contribution in [0.4, 0.5) is 30.8 Å². The van der Waals surface area contributed by atoms with Crippen molar-refractivity contribution >= 4 is 46.3 Å². The number of fused-ring (bicyclic) bond motifs is 1. The number of aromatic nitrogens is 4. The van der Waals surface area contributed by atoms with E-state index in [0.717, 1.165) is 0 Å². The van der Waals surface area contributed by atoms with Gasteiger partial charge in [-0.3, -0.25) is 9.36 Å². The molecule has 3 aromatic rings. The molecule has 0 atom stereocenters. The summed E-state index contributed by atoms with van der Waals surface area (Å²) in [5, 5.41) is 6.13. The summed E-state index contributed by atoms with van der Waals surface area (Å²) >= 11 is 6.21. The van der Waals surface area contributed by atoms with E-state index in [9.17, 15) is 18.0 Å². The molecule has 2 fully saturated rings. The normalized spacial score (nSPS) is 22.4. The standard InChI is InChI=1S/C22H23ClF3N7O/c23-14-2-1-3-15(24)17(14)31-21-30-16-10-28-20(29-12-8-22(25,26)9-12)32-19(16)33(21)13-6-4-11(5-7-13)18(27)34/h1-3,10-13H,4-9H2,(H2,27,34)(H,30,31)(H,28,29,32). The van der Waals surface area contributed by atoms with E-state index < -0.39 is 17.8 Å². The lowest BCUT2D eigenvalue weighted by molar-refractivity contribution is -0.122. The van der Waals surface area contributed by atoms with E-state index in [-0.39, 0.29) is 47.4 Å². The van der Waals surface area contributed by atoms with Gasteiger partial charge in [0.2, 0.25) is 17.8 Å². The van der Waals surface area contributed by atoms with Crippen molar-refractivity contribution in [3.8, 4) is 0 Å². The fourth-order valence-electron chi connectivity index (χ4n) is 4.69. The summed E-state index contributed by atoms with van der Waals surface area (Å²) in [6.45, 7) is 0. The van der Waals surface area contributed by atoms with E-state index >= 15 is 0 Å². The number of hydrogen-bond acceptors (Lipinski definition) is 6. The molecule has 8 nitrogen and oxygen atoms in total. The second-order valence-corrected chi connectivity index (χ2v) is 9.35. The van der Waals surface area contributed by atoms with Crippen molar-refractivity contribution in [3.63, 3.8) is 0 Å². The van der Waals surface area contributed by atoms with Crippen molar-refractivity contribution in [3.05, 3.63) is 35.2 Å². The van der Waals surface area contributed by atoms with Crippen molar-refractivity contribution in [1.82, 2.24) is 19.5 Å². The van der Waals surface area contributed by atoms with Gasteiger partial charge in [-0.25, -0.2) is 23.1 Å². The van der Waals surface area contributed by atoms with Gasteiger partial charge in [0.25, 0.3) is 5.92 Å². The number of amides is 1. The molecule has 2 aromatic heterocycles. The number of carbonyl (C=O) groups is 1. The third-order valence-electron chi connectivity index (χ3n) is 6.52. The first-order chi connectivity index (χ1) is 16.2. The Morgan fingerprint density at radius 1 is 1.18 bits per heavy atom. The maximum atomic E-state index is 14.5. The van der Waals surface area contributed by atoms with Crippen LogP contribution >= 0.6 is 11.6 Å². The molecule has 2 heterocycles. The number of imidazole rings is 1. The fourth-order valence-corrected chi connectivity index (χ4v) is 4.90. The minimum Gasteiger partial charge on any atom is -0.369 e. The molecule has 2 aliphatic rings. The molecule has 2 aliphatic carbocycles. The van der Waals surface area contributed by atoms with Crippen LogP contribution in [0.5, 0.6) is 0 Å². The van der Waals surface area contributed by atoms with Crippen LogP contribution in [-0.4, -0.2) is 37.4 Å². The number of anilines is 3. The van der Waals surface area contributed by atoms with Crippen LogP contribution in [0.2, 0.25) is 5.02 Å². The van der Waals surface area contributed by atoms with E-state index in [1.165, 1.54) is 18.3 Å². The monoisotopic (exact) mass is 493 g/mol. The SMILES string of the molecule is NC(=O)C1CCC(n2c(Nc3c(F)cccc3Cl)nc3cnc(NC4CC(F)(F)C4)nc32)CC1. The molecule has 4 N–H and O–H groups in total. The van der Waals surface area contributed by atoms with Gasteiger partial charge in [-0.1, -0.05) is 17.7 Å². The van der Waals surface area contributed by atoms with Gasteiger partial charge in [0.05, 0.1) is 16.9 Å². The van der Waals surface area contributed by atoms with Gasteiger partial charge in [-0.15, -0.1) is 0 Å². The quantitative estimate of drug-likeness (QED) is 0.455. The first-order valence-electron chi connectivity index (χ1n) is 11.1. The number of rotatable bonds is 6. The maximum Gasteiger partial charge on any atom is 0.252 e. The summed E-state index contributed by atoms with van der Waals surface area (Å²) in [6, 6.07) is 3.85. The van der Waals surface area contributed by atoms with Crippen molar-refractivity contribution in [2.24, 2.45) is 11.7 Å². The number of carbonyl (C=O) groups excluding carboxylic acids is 1. The average Bonchev–Trinajstić information content (AvgIpc) is 3.12. The number of alkyl halides is 2. The molecule has 34 heavy (non-hydrogen) atoms. The molecule has 0 aliphatic heterocycles. The highest BCUT2D eigenvalue weighted by Crippen LogP contribution is 2.40. The van der Waals surface area contributed by atoms with Gasteiger partial charge in [0, 0.05) is 30.8 Å². The Balaban J connectivity index is 1.51. The predicted octanol–water partition coefficient (Wildman–Crippen LogP) is 4.79. The first-order valence-corrected chi connectivity index (χ1v) is 11.5. The lowest BCUT2D eigenvalue weighted by Crippen LogP contribution is -2.44. The molecule has 1 aromatic carbocycles. The number of halogens is 4. The Kier molecular flexibility index (Phi) is 5.75. The average molecular weight is 494 g/mol. The van der Waals surface area contributed by atoms with Crippen LogP contribution in [0, 0.1) is 11.7 Å². The van der Waals surface area contributed by atoms with Gasteiger partial charge >= 0.3 is 0 Å². The minimum atomic E-state index is -2.67. The Labute approximate surface area is 198 Å². The van der Waals surface area contributed by atoms with E-state index in [4.69, 9.17) is 17.3 Å². The Hall–Kier alpha value is -3.08. The molecule has 5 rings (SSSR count). The molecule has 0 saturated heterocycles. The van der Waals surface area contributed by atoms with Gasteiger partial charge < -0.3 is 16.4 Å². The van der Waals surface area contributed by atoms with Crippen LogP contribution in [0.1, 0.15) is 44.6 Å². The van der Waals surface area contributed by atoms with Gasteiger partial charge in [0.15, 0.2) is 5.65 Å². The third-order valence-corrected chi connectivity index (χ3v) is 6.83. The van der Waals surface area contributed by atoms with Crippen LogP contribution in [0.15, 0.2) is 24.4 Å². The summed E-state index contributed by atoms with van der Waals surface area (Å²) in [5.41, 5.74) is 6.49. The van der Waals surface area contributed by atoms with E-state index in [2.05, 4.69) is 25.6 Å². The van der Waals surface area contributed by atoms with Crippen molar-refractivity contribution in [2.75, 3.05) is 10.6 Å². The molecule has 0 radical (unpaired) electrons. The van der Waals surface area contributed by atoms with Crippen LogP contribution < -0.4 is 16.4 Å². The molecule has 1 amide bonds. The van der Waals surface area contributed by atoms with Crippen molar-refractivity contribution in [2.45, 2.75) is 56.5 Å². The first kappa shape index (κ1) is 22.7. The van der Waals surface area contributed by atoms with Crippen LogP contribution in [0.25, 0.3) is 11.2 Å². The fraction of sp³-hybridized carbons (Fsp3) is 0.455. The molecular formula is C22H23ClF3N7O. The molecule has 0 spiro atoms. The summed E-state index contributed by atoms with van der Waals surface area (Å²) in [5.74, 6) is -3.18. The van der Waals surface area contributed by atoms with Crippen LogP contribution in [0.3, 0.4) is 0 Å². The number of benzene rings is 1. The predicted molar refractivity (Wildman–Crippen MR) is 122 cm³/mol. The molecule has 180 valence electrons. The molecular weight excluding hydrogens is 471 g/mol. The Bertz CT molecular complexity index is 1210. The van der Waals surface area contributed by atoms with Gasteiger partial charge in [-0.2, -0.15) is 4.98 Å². The molecule has 2 saturated carbocycles. The second kappa shape index (κ2) is 8.61. The highest BCUT2D eigenvalue weighted by Gasteiger charge is 2.45. The number of nitrogens with one attached hydrogen (secondary N) is 2. The zero-order chi connectivity index (χ0) is 24.0. The highest BCUT2D eigenvalue weighted by molar-refractivity contribution is 6.33. The zero-order valence-electron chi connectivity index (χ0n) is 18.1. The molecule has 0 bridgehead atoms. The maximum absolute atomic E-state index is 14.5. The lowest BCUT2D eigenvalue weighted by atomic mass is 9.85. The van der Waals surface area contributed by atoms with Crippen molar-refractivity contribution < 1.29 is 18.0 Å². The number of para-hydroxylation sites is 1. The lowest BCUT2D eigenvalue weighted by Gasteiger charge is -2.35. The third kappa shape index (κ3) is 4.36. The number of nitrogens with two attached hydrogens (primary N) is 1. The second-order valence-electron chi connectivity index (χ2n) is 8.94. The number of nitrogens with zero attached hydrogens (tertiary/aromatic N) is 4. The summed E-state index contributed by atoms with van der Waals surface area (Å²) in [4.78, 5) is 25.0. The van der Waals surface area contributed by atoms with E-state index in [1.54, 1.807) is 6.07 Å². The Morgan fingerprint density at radius 3 is 2.56 bits per heavy atom. The topological polar surface area (TPSA) is 111 Å². The zero-order valence-corrected chi connectivity index (χ0v) is 18.8. The van der Waals surface area contributed by atoms with Gasteiger partial charge in [-0.05, 0) is 37.8 Å². The van der Waals surface area contributed by atoms with Crippen LogP contribution in [-0.2, 0) is 4.79 Å². The highest BCUT2D eigenvalue weighted by atomic mass is 35.5. The smallest absolute Gasteiger partial charge is 0.252 e. The van der Waals surface area contributed by atoms with Crippen molar-refractivity contribution in [1.29, 1.82) is 0 Å². The van der Waals surface area contributed by atoms with E-state index in [0.29, 0.717) is 42.8 Å². The molecule has 0 unspecified atom stereocenters.